The van der Waals surface area contributed by atoms with E-state index >= 15 is 0 Å². The van der Waals surface area contributed by atoms with Crippen LogP contribution < -0.4 is 20.5 Å². The highest BCUT2D eigenvalue weighted by molar-refractivity contribution is 5.94. The second-order valence-corrected chi connectivity index (χ2v) is 5.48. The normalized spacial score (nSPS) is 18.4. The number of benzene rings is 1. The molecule has 1 aromatic rings. The monoisotopic (exact) mass is 322 g/mol. The molecule has 1 saturated heterocycles. The van der Waals surface area contributed by atoms with Crippen molar-refractivity contribution < 1.29 is 29.5 Å². The molecule has 0 saturated carbocycles. The van der Waals surface area contributed by atoms with Crippen LogP contribution in [0.5, 0.6) is 5.75 Å². The van der Waals surface area contributed by atoms with Crippen molar-refractivity contribution >= 4 is 17.6 Å². The molecule has 1 fully saturated rings. The summed E-state index contributed by atoms with van der Waals surface area (Å²) < 4.78 is 10.6. The van der Waals surface area contributed by atoms with Gasteiger partial charge in [0.05, 0.1) is 25.2 Å². The minimum atomic E-state index is -1.25. The minimum Gasteiger partial charge on any atom is -0.544 e. The van der Waals surface area contributed by atoms with E-state index in [1.165, 1.54) is 7.11 Å². The molecule has 7 nitrogen and oxygen atoms in total. The van der Waals surface area contributed by atoms with Crippen LogP contribution in [0.3, 0.4) is 0 Å². The van der Waals surface area contributed by atoms with Gasteiger partial charge in [-0.05, 0) is 25.0 Å². The number of nitrogens with two attached hydrogens (primary N) is 1. The Bertz CT molecular complexity index is 543. The van der Waals surface area contributed by atoms with Gasteiger partial charge in [-0.25, -0.2) is 0 Å². The molecule has 1 heterocycles. The molecule has 0 unspecified atom stereocenters. The Morgan fingerprint density at radius 2 is 2.26 bits per heavy atom. The van der Waals surface area contributed by atoms with Crippen molar-refractivity contribution in [3.05, 3.63) is 24.3 Å². The van der Waals surface area contributed by atoms with Crippen LogP contribution >= 0.6 is 0 Å². The van der Waals surface area contributed by atoms with E-state index in [0.717, 1.165) is 12.8 Å². The molecular formula is C16H22N2O5. The van der Waals surface area contributed by atoms with E-state index in [9.17, 15) is 14.7 Å². The number of ether oxygens (including phenoxy) is 2. The number of hydrogen-bond acceptors (Lipinski definition) is 5. The number of carboxylic acid groups (broad SMARTS) is 1. The summed E-state index contributed by atoms with van der Waals surface area (Å²) in [6.45, 7) is 1.23. The summed E-state index contributed by atoms with van der Waals surface area (Å²) >= 11 is 0. The molecule has 1 amide bonds. The smallest absolute Gasteiger partial charge is 0.230 e. The average molecular weight is 322 g/mol. The minimum absolute atomic E-state index is 0.0501. The third-order valence-corrected chi connectivity index (χ3v) is 3.80. The number of amides is 1. The van der Waals surface area contributed by atoms with Gasteiger partial charge >= 0.3 is 0 Å². The maximum absolute atomic E-state index is 12.1. The highest BCUT2D eigenvalue weighted by Gasteiger charge is 2.23. The van der Waals surface area contributed by atoms with Gasteiger partial charge in [-0.2, -0.15) is 0 Å². The van der Waals surface area contributed by atoms with Crippen molar-refractivity contribution in [2.45, 2.75) is 31.4 Å². The SMILES string of the molecule is COc1ccccc1NC(=O)C[C@H]([NH2+]C[C@@H]1CCCO1)C(=O)[O-]. The molecule has 0 aromatic heterocycles. The van der Waals surface area contributed by atoms with Gasteiger partial charge in [0.2, 0.25) is 5.91 Å². The molecule has 0 radical (unpaired) electrons. The van der Waals surface area contributed by atoms with E-state index in [0.29, 0.717) is 24.6 Å². The highest BCUT2D eigenvalue weighted by Crippen LogP contribution is 2.23. The first-order chi connectivity index (χ1) is 11.1. The van der Waals surface area contributed by atoms with Gasteiger partial charge in [-0.3, -0.25) is 4.79 Å². The highest BCUT2D eigenvalue weighted by atomic mass is 16.5. The largest absolute Gasteiger partial charge is 0.544 e. The number of hydrogen-bond donors (Lipinski definition) is 2. The van der Waals surface area contributed by atoms with Gasteiger partial charge < -0.3 is 30.0 Å². The molecule has 1 aliphatic rings. The lowest BCUT2D eigenvalue weighted by Crippen LogP contribution is -2.94. The number of aliphatic carboxylic acids is 1. The predicted molar refractivity (Wildman–Crippen MR) is 80.8 cm³/mol. The maximum Gasteiger partial charge on any atom is 0.230 e. The van der Waals surface area contributed by atoms with Gasteiger partial charge in [0.1, 0.15) is 24.4 Å². The van der Waals surface area contributed by atoms with Crippen LogP contribution in [0.15, 0.2) is 24.3 Å². The van der Waals surface area contributed by atoms with Crippen LogP contribution in [-0.4, -0.2) is 44.3 Å². The van der Waals surface area contributed by atoms with Gasteiger partial charge in [-0.1, -0.05) is 12.1 Å². The van der Waals surface area contributed by atoms with Crippen LogP contribution in [0.1, 0.15) is 19.3 Å². The predicted octanol–water partition coefficient (Wildman–Crippen LogP) is -1.12. The van der Waals surface area contributed by atoms with Crippen molar-refractivity contribution in [3.63, 3.8) is 0 Å². The summed E-state index contributed by atoms with van der Waals surface area (Å²) in [5.41, 5.74) is 0.510. The molecule has 0 spiro atoms. The Morgan fingerprint density at radius 1 is 1.48 bits per heavy atom. The lowest BCUT2D eigenvalue weighted by Gasteiger charge is -2.18. The van der Waals surface area contributed by atoms with Gasteiger partial charge in [0.25, 0.3) is 0 Å². The molecule has 3 N–H and O–H groups in total. The molecule has 2 atom stereocenters. The summed E-state index contributed by atoms with van der Waals surface area (Å²) in [4.78, 5) is 23.3. The number of methoxy groups -OCH3 is 1. The van der Waals surface area contributed by atoms with Crippen molar-refractivity contribution in [2.75, 3.05) is 25.6 Å². The lowest BCUT2D eigenvalue weighted by atomic mass is 10.1. The third-order valence-electron chi connectivity index (χ3n) is 3.80. The fourth-order valence-corrected chi connectivity index (χ4v) is 2.56. The zero-order chi connectivity index (χ0) is 16.7. The number of nitrogens with one attached hydrogen (secondary N) is 1. The fraction of sp³-hybridized carbons (Fsp3) is 0.500. The number of quaternary nitrogens is 1. The summed E-state index contributed by atoms with van der Waals surface area (Å²) in [7, 11) is 1.50. The fourth-order valence-electron chi connectivity index (χ4n) is 2.56. The molecule has 0 aliphatic carbocycles. The number of anilines is 1. The van der Waals surface area contributed by atoms with E-state index in [2.05, 4.69) is 5.32 Å². The van der Waals surface area contributed by atoms with Crippen LogP contribution in [0.25, 0.3) is 0 Å². The molecule has 23 heavy (non-hydrogen) atoms. The van der Waals surface area contributed by atoms with E-state index in [-0.39, 0.29) is 12.5 Å². The van der Waals surface area contributed by atoms with Gasteiger partial charge in [0, 0.05) is 6.61 Å². The molecule has 1 aliphatic heterocycles. The molecule has 1 aromatic carbocycles. The Kier molecular flexibility index (Phi) is 6.37. The van der Waals surface area contributed by atoms with E-state index < -0.39 is 17.9 Å². The Labute approximate surface area is 135 Å². The second kappa shape index (κ2) is 8.50. The molecule has 0 bridgehead atoms. The van der Waals surface area contributed by atoms with E-state index in [4.69, 9.17) is 9.47 Å². The second-order valence-electron chi connectivity index (χ2n) is 5.48. The number of carboxylic acids is 1. The topological polar surface area (TPSA) is 104 Å². The summed E-state index contributed by atoms with van der Waals surface area (Å²) in [5, 5.41) is 15.5. The van der Waals surface area contributed by atoms with Crippen molar-refractivity contribution in [2.24, 2.45) is 0 Å². The summed E-state index contributed by atoms with van der Waals surface area (Å²) in [6.07, 6.45) is 1.79. The van der Waals surface area contributed by atoms with E-state index in [1.807, 2.05) is 0 Å². The van der Waals surface area contributed by atoms with E-state index in [1.54, 1.807) is 29.6 Å². The van der Waals surface area contributed by atoms with Crippen molar-refractivity contribution in [1.82, 2.24) is 0 Å². The average Bonchev–Trinajstić information content (AvgIpc) is 3.05. The van der Waals surface area contributed by atoms with Gasteiger partial charge in [-0.15, -0.1) is 0 Å². The number of para-hydroxylation sites is 2. The first kappa shape index (κ1) is 17.2. The standard InChI is InChI=1S/C16H22N2O5/c1-22-14-7-3-2-6-12(14)18-15(19)9-13(16(20)21)17-10-11-5-4-8-23-11/h2-3,6-7,11,13,17H,4-5,8-10H2,1H3,(H,18,19)(H,20,21)/t11-,13-/m0/s1. The summed E-state index contributed by atoms with van der Waals surface area (Å²) in [6, 6.07) is 6.02. The maximum atomic E-state index is 12.1. The van der Waals surface area contributed by atoms with Crippen LogP contribution in [0.4, 0.5) is 5.69 Å². The third kappa shape index (κ3) is 5.22. The first-order valence-corrected chi connectivity index (χ1v) is 7.69. The number of carbonyl (C=O) groups is 2. The molecule has 126 valence electrons. The van der Waals surface area contributed by atoms with Crippen molar-refractivity contribution in [1.29, 1.82) is 0 Å². The number of carbonyl (C=O) groups excluding carboxylic acids is 2. The summed E-state index contributed by atoms with van der Waals surface area (Å²) in [5.74, 6) is -1.13. The number of rotatable bonds is 8. The zero-order valence-electron chi connectivity index (χ0n) is 13.1. The quantitative estimate of drug-likeness (QED) is 0.631. The van der Waals surface area contributed by atoms with Crippen LogP contribution in [-0.2, 0) is 14.3 Å². The zero-order valence-corrected chi connectivity index (χ0v) is 13.1. The Hall–Kier alpha value is -2.12. The Balaban J connectivity index is 1.88. The lowest BCUT2D eigenvalue weighted by molar-refractivity contribution is -0.687. The molecule has 7 heteroatoms. The van der Waals surface area contributed by atoms with Crippen LogP contribution in [0, 0.1) is 0 Å². The molecular weight excluding hydrogens is 300 g/mol. The van der Waals surface area contributed by atoms with Crippen LogP contribution in [0.2, 0.25) is 0 Å². The van der Waals surface area contributed by atoms with Gasteiger partial charge in [0.15, 0.2) is 0 Å². The molecule has 2 rings (SSSR count). The Morgan fingerprint density at radius 3 is 2.91 bits per heavy atom. The van der Waals surface area contributed by atoms with Crippen molar-refractivity contribution in [3.8, 4) is 5.75 Å². The first-order valence-electron chi connectivity index (χ1n) is 7.69.